The smallest absolute Gasteiger partial charge is 0.306 e. The molecule has 2 N–H and O–H groups in total. The Morgan fingerprint density at radius 3 is 2.26 bits per heavy atom. The van der Waals surface area contributed by atoms with Gasteiger partial charge >= 0.3 is 5.97 Å². The first-order valence-electron chi connectivity index (χ1n) is 6.32. The van der Waals surface area contributed by atoms with Crippen molar-refractivity contribution in [1.29, 1.82) is 0 Å². The van der Waals surface area contributed by atoms with Gasteiger partial charge in [0.25, 0.3) is 0 Å². The number of methoxy groups -OCH3 is 2. The highest BCUT2D eigenvalue weighted by molar-refractivity contribution is 5.70. The van der Waals surface area contributed by atoms with Crippen LogP contribution in [-0.4, -0.2) is 25.7 Å². The Balaban J connectivity index is 2.94. The van der Waals surface area contributed by atoms with E-state index in [1.165, 1.54) is 7.11 Å². The van der Waals surface area contributed by atoms with E-state index in [2.05, 4.69) is 0 Å². The number of esters is 1. The van der Waals surface area contributed by atoms with Crippen molar-refractivity contribution in [2.45, 2.75) is 38.3 Å². The van der Waals surface area contributed by atoms with Crippen LogP contribution in [0, 0.1) is 0 Å². The molecule has 0 aliphatic rings. The molecule has 0 aliphatic carbocycles. The van der Waals surface area contributed by atoms with Gasteiger partial charge in [-0.2, -0.15) is 0 Å². The van der Waals surface area contributed by atoms with Crippen molar-refractivity contribution in [3.05, 3.63) is 35.4 Å². The van der Waals surface area contributed by atoms with Crippen LogP contribution in [0.5, 0.6) is 0 Å². The maximum atomic E-state index is 11.5. The first-order valence-corrected chi connectivity index (χ1v) is 6.32. The third-order valence-electron chi connectivity index (χ3n) is 3.19. The summed E-state index contributed by atoms with van der Waals surface area (Å²) in [6.45, 7) is 4.42. The monoisotopic (exact) mass is 265 g/mol. The Hall–Kier alpha value is -1.39. The molecule has 0 aromatic heterocycles. The molecule has 1 atom stereocenters. The summed E-state index contributed by atoms with van der Waals surface area (Å²) in [5.74, 6) is -0.318. The van der Waals surface area contributed by atoms with Gasteiger partial charge in [-0.15, -0.1) is 0 Å². The fourth-order valence-electron chi connectivity index (χ4n) is 2.07. The zero-order chi connectivity index (χ0) is 14.5. The van der Waals surface area contributed by atoms with E-state index < -0.39 is 5.54 Å². The lowest BCUT2D eigenvalue weighted by molar-refractivity contribution is -0.141. The predicted molar refractivity (Wildman–Crippen MR) is 74.8 cm³/mol. The minimum absolute atomic E-state index is 0.0726. The Morgan fingerprint density at radius 1 is 1.26 bits per heavy atom. The lowest BCUT2D eigenvalue weighted by Gasteiger charge is -2.30. The van der Waals surface area contributed by atoms with Crippen molar-refractivity contribution in [2.75, 3.05) is 14.2 Å². The molecule has 0 aliphatic heterocycles. The largest absolute Gasteiger partial charge is 0.469 e. The Morgan fingerprint density at radius 2 is 1.84 bits per heavy atom. The molecular formula is C15H23NO3. The first-order chi connectivity index (χ1) is 8.88. The van der Waals surface area contributed by atoms with Gasteiger partial charge in [0, 0.05) is 18.6 Å². The molecule has 19 heavy (non-hydrogen) atoms. The Bertz CT molecular complexity index is 406. The van der Waals surface area contributed by atoms with Crippen LogP contribution in [0.15, 0.2) is 24.3 Å². The number of ether oxygens (including phenoxy) is 2. The number of hydrogen-bond acceptors (Lipinski definition) is 4. The van der Waals surface area contributed by atoms with Crippen LogP contribution in [0.25, 0.3) is 0 Å². The zero-order valence-electron chi connectivity index (χ0n) is 12.1. The van der Waals surface area contributed by atoms with Gasteiger partial charge in [-0.25, -0.2) is 0 Å². The van der Waals surface area contributed by atoms with Crippen molar-refractivity contribution in [3.63, 3.8) is 0 Å². The Kier molecular flexibility index (Phi) is 5.51. The molecule has 106 valence electrons. The minimum Gasteiger partial charge on any atom is -0.469 e. The summed E-state index contributed by atoms with van der Waals surface area (Å²) >= 11 is 0. The van der Waals surface area contributed by atoms with Crippen molar-refractivity contribution < 1.29 is 14.3 Å². The summed E-state index contributed by atoms with van der Waals surface area (Å²) in [6, 6.07) is 7.98. The molecule has 0 amide bonds. The van der Waals surface area contributed by atoms with E-state index in [9.17, 15) is 4.79 Å². The molecule has 1 aromatic rings. The van der Waals surface area contributed by atoms with Crippen molar-refractivity contribution >= 4 is 5.97 Å². The van der Waals surface area contributed by atoms with E-state index in [0.717, 1.165) is 11.1 Å². The maximum Gasteiger partial charge on any atom is 0.306 e. The number of nitrogens with two attached hydrogens (primary N) is 1. The van der Waals surface area contributed by atoms with Crippen LogP contribution in [0.2, 0.25) is 0 Å². The van der Waals surface area contributed by atoms with Gasteiger partial charge in [0.2, 0.25) is 0 Å². The fourth-order valence-corrected chi connectivity index (χ4v) is 2.07. The summed E-state index contributed by atoms with van der Waals surface area (Å²) in [5.41, 5.74) is 7.82. The van der Waals surface area contributed by atoms with E-state index in [1.54, 1.807) is 7.11 Å². The van der Waals surface area contributed by atoms with Gasteiger partial charge in [0.05, 0.1) is 20.1 Å². The van der Waals surface area contributed by atoms with Gasteiger partial charge in [-0.1, -0.05) is 24.3 Å². The second kappa shape index (κ2) is 6.68. The molecule has 4 nitrogen and oxygen atoms in total. The molecule has 0 saturated carbocycles. The summed E-state index contributed by atoms with van der Waals surface area (Å²) in [5, 5.41) is 0. The van der Waals surface area contributed by atoms with Crippen LogP contribution < -0.4 is 5.73 Å². The van der Waals surface area contributed by atoms with Crippen LogP contribution in [0.1, 0.15) is 37.3 Å². The molecule has 0 radical (unpaired) electrons. The van der Waals surface area contributed by atoms with E-state index in [1.807, 2.05) is 38.1 Å². The van der Waals surface area contributed by atoms with Crippen LogP contribution in [-0.2, 0) is 20.9 Å². The summed E-state index contributed by atoms with van der Waals surface area (Å²) in [4.78, 5) is 11.5. The topological polar surface area (TPSA) is 61.5 Å². The normalized spacial score (nSPS) is 13.1. The standard InChI is InChI=1S/C15H23NO3/c1-15(2,16)13(9-14(17)19-4)12-7-5-11(6-8-12)10-18-3/h5-8,13H,9-10,16H2,1-4H3. The molecule has 1 aromatic carbocycles. The molecule has 0 heterocycles. The van der Waals surface area contributed by atoms with E-state index in [0.29, 0.717) is 6.61 Å². The highest BCUT2D eigenvalue weighted by Gasteiger charge is 2.29. The van der Waals surface area contributed by atoms with Crippen LogP contribution >= 0.6 is 0 Å². The summed E-state index contributed by atoms with van der Waals surface area (Å²) in [6.07, 6.45) is 0.281. The number of carbonyl (C=O) groups excluding carboxylic acids is 1. The van der Waals surface area contributed by atoms with Crippen molar-refractivity contribution in [3.8, 4) is 0 Å². The van der Waals surface area contributed by atoms with Crippen molar-refractivity contribution in [2.24, 2.45) is 5.73 Å². The van der Waals surface area contributed by atoms with Crippen LogP contribution in [0.4, 0.5) is 0 Å². The third kappa shape index (κ3) is 4.65. The van der Waals surface area contributed by atoms with E-state index in [4.69, 9.17) is 15.2 Å². The van der Waals surface area contributed by atoms with Gasteiger partial charge in [-0.05, 0) is 25.0 Å². The molecule has 1 rings (SSSR count). The molecule has 0 spiro atoms. The average Bonchev–Trinajstić information content (AvgIpc) is 2.36. The van der Waals surface area contributed by atoms with E-state index in [-0.39, 0.29) is 18.3 Å². The number of benzene rings is 1. The lowest BCUT2D eigenvalue weighted by atomic mass is 9.80. The SMILES string of the molecule is COCc1ccc(C(CC(=O)OC)C(C)(C)N)cc1. The molecule has 0 bridgehead atoms. The second-order valence-electron chi connectivity index (χ2n) is 5.33. The predicted octanol–water partition coefficient (Wildman–Crippen LogP) is 2.22. The summed E-state index contributed by atoms with van der Waals surface area (Å²) in [7, 11) is 3.06. The summed E-state index contributed by atoms with van der Waals surface area (Å²) < 4.78 is 9.82. The molecule has 4 heteroatoms. The van der Waals surface area contributed by atoms with Crippen LogP contribution in [0.3, 0.4) is 0 Å². The first kappa shape index (κ1) is 15.7. The minimum atomic E-state index is -0.489. The molecule has 0 fully saturated rings. The maximum absolute atomic E-state index is 11.5. The number of carbonyl (C=O) groups is 1. The zero-order valence-corrected chi connectivity index (χ0v) is 12.1. The number of rotatable bonds is 6. The van der Waals surface area contributed by atoms with E-state index >= 15 is 0 Å². The number of hydrogen-bond donors (Lipinski definition) is 1. The molecule has 0 saturated heterocycles. The van der Waals surface area contributed by atoms with Gasteiger partial charge < -0.3 is 15.2 Å². The Labute approximate surface area is 114 Å². The quantitative estimate of drug-likeness (QED) is 0.801. The fraction of sp³-hybridized carbons (Fsp3) is 0.533. The molecular weight excluding hydrogens is 242 g/mol. The lowest BCUT2D eigenvalue weighted by Crippen LogP contribution is -2.40. The van der Waals surface area contributed by atoms with Gasteiger partial charge in [0.15, 0.2) is 0 Å². The van der Waals surface area contributed by atoms with Crippen molar-refractivity contribution in [1.82, 2.24) is 0 Å². The third-order valence-corrected chi connectivity index (χ3v) is 3.19. The highest BCUT2D eigenvalue weighted by Crippen LogP contribution is 2.30. The molecule has 1 unspecified atom stereocenters. The highest BCUT2D eigenvalue weighted by atomic mass is 16.5. The van der Waals surface area contributed by atoms with Gasteiger partial charge in [0.1, 0.15) is 0 Å². The second-order valence-corrected chi connectivity index (χ2v) is 5.33. The van der Waals surface area contributed by atoms with Gasteiger partial charge in [-0.3, -0.25) is 4.79 Å². The average molecular weight is 265 g/mol.